The van der Waals surface area contributed by atoms with Crippen LogP contribution in [0, 0.1) is 12.3 Å². The molecule has 0 N–H and O–H groups in total. The van der Waals surface area contributed by atoms with Crippen molar-refractivity contribution in [1.82, 2.24) is 0 Å². The molecule has 0 saturated heterocycles. The van der Waals surface area contributed by atoms with E-state index < -0.39 is 0 Å². The van der Waals surface area contributed by atoms with Gasteiger partial charge in [0.2, 0.25) is 0 Å². The van der Waals surface area contributed by atoms with Crippen molar-refractivity contribution in [2.45, 2.75) is 27.7 Å². The summed E-state index contributed by atoms with van der Waals surface area (Å²) in [5.41, 5.74) is 2.11. The molecule has 0 fully saturated rings. The third-order valence-corrected chi connectivity index (χ3v) is 3.03. The molecule has 1 aromatic carbocycles. The van der Waals surface area contributed by atoms with Crippen LogP contribution in [0.1, 0.15) is 26.3 Å². The summed E-state index contributed by atoms with van der Waals surface area (Å²) in [5.74, 6) is 0.229. The highest BCUT2D eigenvalue weighted by Gasteiger charge is 2.25. The maximum atomic E-state index is 11.5. The number of benzene rings is 1. The van der Waals surface area contributed by atoms with Crippen LogP contribution < -0.4 is 4.90 Å². The predicted molar refractivity (Wildman–Crippen MR) is 68.9 cm³/mol. The Bertz CT molecular complexity index is 382. The Balaban J connectivity index is 2.80. The van der Waals surface area contributed by atoms with Gasteiger partial charge in [0.1, 0.15) is 5.78 Å². The molecule has 0 aliphatic rings. The van der Waals surface area contributed by atoms with Gasteiger partial charge >= 0.3 is 0 Å². The number of hydrogen-bond donors (Lipinski definition) is 0. The van der Waals surface area contributed by atoms with Gasteiger partial charge in [0.15, 0.2) is 0 Å². The number of carbonyl (C=O) groups is 1. The summed E-state index contributed by atoms with van der Waals surface area (Å²) in [5, 5.41) is 0. The topological polar surface area (TPSA) is 20.3 Å². The van der Waals surface area contributed by atoms with E-state index in [2.05, 4.69) is 30.0 Å². The lowest BCUT2D eigenvalue weighted by atomic mass is 9.88. The molecule has 0 aromatic heterocycles. The second-order valence-corrected chi connectivity index (χ2v) is 5.14. The quantitative estimate of drug-likeness (QED) is 0.775. The van der Waals surface area contributed by atoms with Crippen LogP contribution in [-0.2, 0) is 4.79 Å². The van der Waals surface area contributed by atoms with E-state index in [1.807, 2.05) is 27.0 Å². The second kappa shape index (κ2) is 4.69. The van der Waals surface area contributed by atoms with Crippen LogP contribution in [0.5, 0.6) is 0 Å². The summed E-state index contributed by atoms with van der Waals surface area (Å²) in [6, 6.07) is 8.33. The average molecular weight is 219 g/mol. The monoisotopic (exact) mass is 219 g/mol. The Hall–Kier alpha value is -1.31. The van der Waals surface area contributed by atoms with E-state index in [4.69, 9.17) is 0 Å². The molecular formula is C14H21NO. The number of carbonyl (C=O) groups excluding carboxylic acids is 1. The highest BCUT2D eigenvalue weighted by molar-refractivity contribution is 5.82. The van der Waals surface area contributed by atoms with Crippen molar-refractivity contribution in [1.29, 1.82) is 0 Å². The van der Waals surface area contributed by atoms with Gasteiger partial charge in [-0.3, -0.25) is 4.79 Å². The lowest BCUT2D eigenvalue weighted by Crippen LogP contribution is -2.36. The first-order valence-corrected chi connectivity index (χ1v) is 5.62. The summed E-state index contributed by atoms with van der Waals surface area (Å²) in [6.45, 7) is 8.45. The molecule has 0 aliphatic heterocycles. The van der Waals surface area contributed by atoms with Crippen molar-refractivity contribution in [3.8, 4) is 0 Å². The van der Waals surface area contributed by atoms with Crippen LogP contribution in [0.2, 0.25) is 0 Å². The third kappa shape index (κ3) is 3.09. The van der Waals surface area contributed by atoms with Crippen molar-refractivity contribution < 1.29 is 4.79 Å². The van der Waals surface area contributed by atoms with E-state index in [1.165, 1.54) is 5.56 Å². The number of anilines is 1. The van der Waals surface area contributed by atoms with Gasteiger partial charge in [-0.25, -0.2) is 0 Å². The van der Waals surface area contributed by atoms with Crippen LogP contribution >= 0.6 is 0 Å². The summed E-state index contributed by atoms with van der Waals surface area (Å²) >= 11 is 0. The van der Waals surface area contributed by atoms with Crippen LogP contribution in [0.4, 0.5) is 5.69 Å². The normalized spacial score (nSPS) is 11.3. The van der Waals surface area contributed by atoms with E-state index in [-0.39, 0.29) is 11.2 Å². The van der Waals surface area contributed by atoms with Crippen molar-refractivity contribution in [3.63, 3.8) is 0 Å². The number of hydrogen-bond acceptors (Lipinski definition) is 2. The molecule has 2 nitrogen and oxygen atoms in total. The number of ketones is 1. The molecule has 1 aromatic rings. The van der Waals surface area contributed by atoms with E-state index in [1.54, 1.807) is 6.92 Å². The van der Waals surface area contributed by atoms with Gasteiger partial charge in [-0.1, -0.05) is 26.0 Å². The molecule has 1 rings (SSSR count). The van der Waals surface area contributed by atoms with Gasteiger partial charge in [-0.05, 0) is 31.5 Å². The SMILES string of the molecule is CC(=O)C(C)(C)CN(C)c1cccc(C)c1. The first kappa shape index (κ1) is 12.8. The lowest BCUT2D eigenvalue weighted by Gasteiger charge is -2.29. The minimum Gasteiger partial charge on any atom is -0.374 e. The second-order valence-electron chi connectivity index (χ2n) is 5.14. The van der Waals surface area contributed by atoms with Gasteiger partial charge in [0.25, 0.3) is 0 Å². The molecule has 0 unspecified atom stereocenters. The summed E-state index contributed by atoms with van der Waals surface area (Å²) in [7, 11) is 2.03. The average Bonchev–Trinajstić information content (AvgIpc) is 2.16. The van der Waals surface area contributed by atoms with Crippen molar-refractivity contribution in [2.75, 3.05) is 18.5 Å². The van der Waals surface area contributed by atoms with E-state index in [0.717, 1.165) is 12.2 Å². The summed E-state index contributed by atoms with van der Waals surface area (Å²) < 4.78 is 0. The molecule has 0 amide bonds. The van der Waals surface area contributed by atoms with Gasteiger partial charge in [-0.2, -0.15) is 0 Å². The molecule has 2 heteroatoms. The highest BCUT2D eigenvalue weighted by atomic mass is 16.1. The molecule has 0 spiro atoms. The number of Topliss-reactive ketones (excluding diaryl/α,β-unsaturated/α-hetero) is 1. The first-order valence-electron chi connectivity index (χ1n) is 5.62. The summed E-state index contributed by atoms with van der Waals surface area (Å²) in [6.07, 6.45) is 0. The predicted octanol–water partition coefficient (Wildman–Crippen LogP) is 3.05. The standard InChI is InChI=1S/C14H21NO/c1-11-7-6-8-13(9-11)15(5)10-14(3,4)12(2)16/h6-9H,10H2,1-5H3. The zero-order valence-electron chi connectivity index (χ0n) is 10.9. The lowest BCUT2D eigenvalue weighted by molar-refractivity contribution is -0.124. The Morgan fingerprint density at radius 2 is 2.00 bits per heavy atom. The number of nitrogens with zero attached hydrogens (tertiary/aromatic N) is 1. The Labute approximate surface area is 98.3 Å². The molecule has 0 heterocycles. The van der Waals surface area contributed by atoms with E-state index in [9.17, 15) is 4.79 Å². The number of rotatable bonds is 4. The zero-order chi connectivity index (χ0) is 12.3. The third-order valence-electron chi connectivity index (χ3n) is 3.03. The van der Waals surface area contributed by atoms with E-state index >= 15 is 0 Å². The highest BCUT2D eigenvalue weighted by Crippen LogP contribution is 2.22. The van der Waals surface area contributed by atoms with Gasteiger partial charge < -0.3 is 4.90 Å². The van der Waals surface area contributed by atoms with Crippen LogP contribution in [0.3, 0.4) is 0 Å². The largest absolute Gasteiger partial charge is 0.374 e. The Morgan fingerprint density at radius 3 is 2.50 bits per heavy atom. The molecule has 0 radical (unpaired) electrons. The molecule has 0 atom stereocenters. The maximum absolute atomic E-state index is 11.5. The van der Waals surface area contributed by atoms with Crippen LogP contribution in [0.15, 0.2) is 24.3 Å². The molecule has 0 aliphatic carbocycles. The zero-order valence-corrected chi connectivity index (χ0v) is 10.9. The minimum atomic E-state index is -0.293. The van der Waals surface area contributed by atoms with Gasteiger partial charge in [-0.15, -0.1) is 0 Å². The molecule has 0 bridgehead atoms. The fourth-order valence-corrected chi connectivity index (χ4v) is 1.66. The van der Waals surface area contributed by atoms with Crippen molar-refractivity contribution >= 4 is 11.5 Å². The van der Waals surface area contributed by atoms with Gasteiger partial charge in [0, 0.05) is 24.7 Å². The Kier molecular flexibility index (Phi) is 3.74. The molecule has 0 saturated carbocycles. The van der Waals surface area contributed by atoms with Crippen molar-refractivity contribution in [2.24, 2.45) is 5.41 Å². The maximum Gasteiger partial charge on any atom is 0.137 e. The fraction of sp³-hybridized carbons (Fsp3) is 0.500. The molecule has 88 valence electrons. The summed E-state index contributed by atoms with van der Waals surface area (Å²) in [4.78, 5) is 13.6. The minimum absolute atomic E-state index is 0.229. The van der Waals surface area contributed by atoms with E-state index in [0.29, 0.717) is 0 Å². The van der Waals surface area contributed by atoms with Crippen LogP contribution in [0.25, 0.3) is 0 Å². The van der Waals surface area contributed by atoms with Gasteiger partial charge in [0.05, 0.1) is 0 Å². The fourth-order valence-electron chi connectivity index (χ4n) is 1.66. The number of aryl methyl sites for hydroxylation is 1. The molecular weight excluding hydrogens is 198 g/mol. The van der Waals surface area contributed by atoms with Crippen LogP contribution in [-0.4, -0.2) is 19.4 Å². The first-order chi connectivity index (χ1) is 7.33. The Morgan fingerprint density at radius 1 is 1.38 bits per heavy atom. The smallest absolute Gasteiger partial charge is 0.137 e. The van der Waals surface area contributed by atoms with Crippen molar-refractivity contribution in [3.05, 3.63) is 29.8 Å². The molecule has 16 heavy (non-hydrogen) atoms.